The van der Waals surface area contributed by atoms with E-state index in [1.54, 1.807) is 0 Å². The molecule has 0 radical (unpaired) electrons. The summed E-state index contributed by atoms with van der Waals surface area (Å²) >= 11 is 11.6. The Balaban J connectivity index is 2.84. The van der Waals surface area contributed by atoms with Crippen LogP contribution in [0.15, 0.2) is 24.3 Å². The molecule has 0 N–H and O–H groups in total. The van der Waals surface area contributed by atoms with Gasteiger partial charge >= 0.3 is 11.4 Å². The molecule has 92 valence electrons. The summed E-state index contributed by atoms with van der Waals surface area (Å²) < 4.78 is 0. The average Bonchev–Trinajstić information content (AvgIpc) is 2.28. The standard InChI is InChI=1S/C10H4Cl2N2O4/c11-7-1-5-3-9(13(15)16)10(14(17)18)4-6(5)2-8(7)12/h1-4H. The van der Waals surface area contributed by atoms with E-state index in [1.165, 1.54) is 12.1 Å². The van der Waals surface area contributed by atoms with Crippen molar-refractivity contribution < 1.29 is 9.85 Å². The molecule has 6 nitrogen and oxygen atoms in total. The van der Waals surface area contributed by atoms with E-state index in [-0.39, 0.29) is 10.0 Å². The second-order valence-electron chi connectivity index (χ2n) is 3.47. The Kier molecular flexibility index (Phi) is 3.06. The Labute approximate surface area is 110 Å². The molecular formula is C10H4Cl2N2O4. The monoisotopic (exact) mass is 286 g/mol. The number of nitro benzene ring substituents is 2. The van der Waals surface area contributed by atoms with Gasteiger partial charge in [0, 0.05) is 12.1 Å². The van der Waals surface area contributed by atoms with Gasteiger partial charge in [-0.1, -0.05) is 23.2 Å². The van der Waals surface area contributed by atoms with Crippen molar-refractivity contribution in [3.05, 3.63) is 54.5 Å². The lowest BCUT2D eigenvalue weighted by Gasteiger charge is -2.02. The van der Waals surface area contributed by atoms with Gasteiger partial charge in [0.25, 0.3) is 0 Å². The van der Waals surface area contributed by atoms with Gasteiger partial charge in [0.1, 0.15) is 0 Å². The average molecular weight is 287 g/mol. The second kappa shape index (κ2) is 4.40. The third-order valence-corrected chi connectivity index (χ3v) is 3.09. The normalized spacial score (nSPS) is 10.6. The van der Waals surface area contributed by atoms with Gasteiger partial charge in [-0.2, -0.15) is 0 Å². The number of fused-ring (bicyclic) bond motifs is 1. The van der Waals surface area contributed by atoms with Gasteiger partial charge in [-0.25, -0.2) is 0 Å². The number of benzene rings is 2. The predicted molar refractivity (Wildman–Crippen MR) is 67.3 cm³/mol. The highest BCUT2D eigenvalue weighted by molar-refractivity contribution is 6.42. The molecule has 0 fully saturated rings. The molecule has 0 saturated heterocycles. The van der Waals surface area contributed by atoms with Crippen LogP contribution in [0.1, 0.15) is 0 Å². The molecule has 0 aliphatic carbocycles. The topological polar surface area (TPSA) is 86.3 Å². The Morgan fingerprint density at radius 2 is 1.11 bits per heavy atom. The zero-order valence-corrected chi connectivity index (χ0v) is 10.1. The van der Waals surface area contributed by atoms with E-state index in [2.05, 4.69) is 0 Å². The molecule has 2 aromatic rings. The quantitative estimate of drug-likeness (QED) is 0.617. The number of halogens is 2. The van der Waals surface area contributed by atoms with Gasteiger partial charge in [-0.15, -0.1) is 0 Å². The number of nitrogens with zero attached hydrogens (tertiary/aromatic N) is 2. The Hall–Kier alpha value is -1.92. The van der Waals surface area contributed by atoms with Gasteiger partial charge in [0.2, 0.25) is 0 Å². The van der Waals surface area contributed by atoms with Crippen molar-refractivity contribution in [3.63, 3.8) is 0 Å². The molecule has 0 amide bonds. The number of hydrogen-bond acceptors (Lipinski definition) is 4. The molecule has 0 spiro atoms. The highest BCUT2D eigenvalue weighted by Crippen LogP contribution is 2.35. The van der Waals surface area contributed by atoms with Gasteiger partial charge in [-0.3, -0.25) is 20.2 Å². The molecule has 0 aliphatic rings. The smallest absolute Gasteiger partial charge is 0.258 e. The minimum atomic E-state index is -0.805. The van der Waals surface area contributed by atoms with Crippen molar-refractivity contribution in [1.82, 2.24) is 0 Å². The van der Waals surface area contributed by atoms with E-state index in [9.17, 15) is 20.2 Å². The highest BCUT2D eigenvalue weighted by atomic mass is 35.5. The van der Waals surface area contributed by atoms with Crippen LogP contribution in [0.5, 0.6) is 0 Å². The minimum Gasteiger partial charge on any atom is -0.258 e. The SMILES string of the molecule is O=[N+]([O-])c1cc2cc(Cl)c(Cl)cc2cc1[N+](=O)[O-]. The first-order chi connectivity index (χ1) is 8.40. The lowest BCUT2D eigenvalue weighted by Crippen LogP contribution is -1.96. The Bertz CT molecular complexity index is 629. The van der Waals surface area contributed by atoms with Crippen LogP contribution in [0.4, 0.5) is 11.4 Å². The summed E-state index contributed by atoms with van der Waals surface area (Å²) in [6.07, 6.45) is 0. The number of nitro groups is 2. The van der Waals surface area contributed by atoms with Crippen LogP contribution in [-0.2, 0) is 0 Å². The summed E-state index contributed by atoms with van der Waals surface area (Å²) in [6.45, 7) is 0. The fourth-order valence-electron chi connectivity index (χ4n) is 1.56. The molecule has 0 aromatic heterocycles. The van der Waals surface area contributed by atoms with Crippen molar-refractivity contribution in [1.29, 1.82) is 0 Å². The predicted octanol–water partition coefficient (Wildman–Crippen LogP) is 3.96. The summed E-state index contributed by atoms with van der Waals surface area (Å²) in [5.74, 6) is 0. The van der Waals surface area contributed by atoms with Crippen LogP contribution >= 0.6 is 23.2 Å². The van der Waals surface area contributed by atoms with Gasteiger partial charge in [0.15, 0.2) is 0 Å². The number of hydrogen-bond donors (Lipinski definition) is 0. The second-order valence-corrected chi connectivity index (χ2v) is 4.28. The fraction of sp³-hybridized carbons (Fsp3) is 0. The molecule has 0 aliphatic heterocycles. The summed E-state index contributed by atoms with van der Waals surface area (Å²) in [5, 5.41) is 22.8. The summed E-state index contributed by atoms with van der Waals surface area (Å²) in [4.78, 5) is 19.9. The maximum atomic E-state index is 10.8. The van der Waals surface area contributed by atoms with E-state index < -0.39 is 21.2 Å². The first-order valence-electron chi connectivity index (χ1n) is 4.61. The molecule has 18 heavy (non-hydrogen) atoms. The lowest BCUT2D eigenvalue weighted by molar-refractivity contribution is -0.422. The molecule has 8 heteroatoms. The van der Waals surface area contributed by atoms with Crippen molar-refractivity contribution in [2.45, 2.75) is 0 Å². The first kappa shape index (κ1) is 12.5. The molecule has 0 atom stereocenters. The maximum absolute atomic E-state index is 10.8. The van der Waals surface area contributed by atoms with Crippen LogP contribution in [0, 0.1) is 20.2 Å². The highest BCUT2D eigenvalue weighted by Gasteiger charge is 2.24. The first-order valence-corrected chi connectivity index (χ1v) is 5.37. The Morgan fingerprint density at radius 1 is 0.778 bits per heavy atom. The van der Waals surface area contributed by atoms with Gasteiger partial charge in [0.05, 0.1) is 19.9 Å². The van der Waals surface area contributed by atoms with Crippen molar-refractivity contribution in [2.24, 2.45) is 0 Å². The molecule has 2 aromatic carbocycles. The van der Waals surface area contributed by atoms with Crippen molar-refractivity contribution in [2.75, 3.05) is 0 Å². The zero-order valence-electron chi connectivity index (χ0n) is 8.59. The molecule has 0 unspecified atom stereocenters. The molecule has 2 rings (SSSR count). The van der Waals surface area contributed by atoms with Crippen LogP contribution < -0.4 is 0 Å². The number of rotatable bonds is 2. The summed E-state index contributed by atoms with van der Waals surface area (Å²) in [7, 11) is 0. The lowest BCUT2D eigenvalue weighted by atomic mass is 10.1. The van der Waals surface area contributed by atoms with Crippen molar-refractivity contribution in [3.8, 4) is 0 Å². The van der Waals surface area contributed by atoms with E-state index in [4.69, 9.17) is 23.2 Å². The summed E-state index contributed by atoms with van der Waals surface area (Å²) in [5.41, 5.74) is -1.16. The minimum absolute atomic E-state index is 0.229. The van der Waals surface area contributed by atoms with Crippen LogP contribution in [-0.4, -0.2) is 9.85 Å². The molecule has 0 saturated carbocycles. The molecular weight excluding hydrogens is 283 g/mol. The van der Waals surface area contributed by atoms with Crippen LogP contribution in [0.25, 0.3) is 10.8 Å². The Morgan fingerprint density at radius 3 is 1.39 bits per heavy atom. The van der Waals surface area contributed by atoms with Gasteiger partial charge < -0.3 is 0 Å². The zero-order chi connectivity index (χ0) is 13.4. The van der Waals surface area contributed by atoms with E-state index >= 15 is 0 Å². The summed E-state index contributed by atoms with van der Waals surface area (Å²) in [6, 6.07) is 5.07. The van der Waals surface area contributed by atoms with Crippen molar-refractivity contribution >= 4 is 45.3 Å². The largest absolute Gasteiger partial charge is 0.346 e. The third-order valence-electron chi connectivity index (χ3n) is 2.37. The fourth-order valence-corrected chi connectivity index (χ4v) is 1.91. The van der Waals surface area contributed by atoms with E-state index in [0.29, 0.717) is 10.8 Å². The third kappa shape index (κ3) is 2.07. The van der Waals surface area contributed by atoms with Gasteiger partial charge in [-0.05, 0) is 22.9 Å². The maximum Gasteiger partial charge on any atom is 0.346 e. The molecule has 0 heterocycles. The molecule has 0 bridgehead atoms. The van der Waals surface area contributed by atoms with E-state index in [0.717, 1.165) is 12.1 Å². The van der Waals surface area contributed by atoms with E-state index in [1.807, 2.05) is 0 Å². The van der Waals surface area contributed by atoms with Crippen LogP contribution in [0.3, 0.4) is 0 Å². The van der Waals surface area contributed by atoms with Crippen LogP contribution in [0.2, 0.25) is 10.0 Å².